The molecule has 2 unspecified atom stereocenters. The first-order valence-corrected chi connectivity index (χ1v) is 7.33. The lowest BCUT2D eigenvalue weighted by Crippen LogP contribution is -2.42. The molecule has 108 valence electrons. The first-order valence-electron chi connectivity index (χ1n) is 6.96. The van der Waals surface area contributed by atoms with Crippen LogP contribution in [0.1, 0.15) is 45.7 Å². The molecular weight excluding hydrogens is 256 g/mol. The molecule has 0 aliphatic carbocycles. The monoisotopic (exact) mass is 282 g/mol. The molecule has 0 fully saturated rings. The van der Waals surface area contributed by atoms with Crippen molar-refractivity contribution in [3.63, 3.8) is 0 Å². The smallest absolute Gasteiger partial charge is 0.0496 e. The fourth-order valence-corrected chi connectivity index (χ4v) is 2.79. The van der Waals surface area contributed by atoms with E-state index in [1.165, 1.54) is 5.56 Å². The highest BCUT2D eigenvalue weighted by Crippen LogP contribution is 2.28. The van der Waals surface area contributed by atoms with Crippen molar-refractivity contribution in [2.24, 2.45) is 11.1 Å². The van der Waals surface area contributed by atoms with Crippen molar-refractivity contribution in [2.45, 2.75) is 46.2 Å². The van der Waals surface area contributed by atoms with Crippen molar-refractivity contribution in [2.75, 3.05) is 13.6 Å². The topological polar surface area (TPSA) is 29.3 Å². The average Bonchev–Trinajstić information content (AvgIpc) is 2.26. The molecule has 0 bridgehead atoms. The van der Waals surface area contributed by atoms with Crippen molar-refractivity contribution in [3.8, 4) is 0 Å². The molecule has 0 saturated carbocycles. The van der Waals surface area contributed by atoms with Crippen molar-refractivity contribution in [1.29, 1.82) is 0 Å². The summed E-state index contributed by atoms with van der Waals surface area (Å²) in [6.07, 6.45) is 0.950. The zero-order valence-corrected chi connectivity index (χ0v) is 13.5. The maximum absolute atomic E-state index is 6.33. The van der Waals surface area contributed by atoms with Gasteiger partial charge in [-0.15, -0.1) is 0 Å². The predicted molar refractivity (Wildman–Crippen MR) is 84.5 cm³/mol. The SMILES string of the molecule is CCC(N)C(c1cccc(Cl)c1)N(C)CC(C)(C)C. The van der Waals surface area contributed by atoms with Crippen LogP contribution in [-0.2, 0) is 0 Å². The van der Waals surface area contributed by atoms with E-state index in [1.54, 1.807) is 0 Å². The summed E-state index contributed by atoms with van der Waals surface area (Å²) < 4.78 is 0. The molecule has 0 spiro atoms. The summed E-state index contributed by atoms with van der Waals surface area (Å²) in [5, 5.41) is 0.773. The van der Waals surface area contributed by atoms with Crippen LogP contribution in [0, 0.1) is 5.41 Å². The molecule has 3 heteroatoms. The first kappa shape index (κ1) is 16.5. The van der Waals surface area contributed by atoms with Gasteiger partial charge in [0.2, 0.25) is 0 Å². The second-order valence-corrected chi connectivity index (χ2v) is 6.98. The Morgan fingerprint density at radius 2 is 1.95 bits per heavy atom. The van der Waals surface area contributed by atoms with Crippen LogP contribution in [0.2, 0.25) is 5.02 Å². The van der Waals surface area contributed by atoms with Crippen LogP contribution in [0.15, 0.2) is 24.3 Å². The van der Waals surface area contributed by atoms with Gasteiger partial charge in [0.05, 0.1) is 0 Å². The van der Waals surface area contributed by atoms with E-state index in [-0.39, 0.29) is 17.5 Å². The van der Waals surface area contributed by atoms with Crippen LogP contribution in [0.4, 0.5) is 0 Å². The highest BCUT2D eigenvalue weighted by atomic mass is 35.5. The van der Waals surface area contributed by atoms with E-state index in [0.717, 1.165) is 18.0 Å². The Morgan fingerprint density at radius 3 is 2.42 bits per heavy atom. The van der Waals surface area contributed by atoms with Gasteiger partial charge < -0.3 is 5.73 Å². The van der Waals surface area contributed by atoms with Gasteiger partial charge in [-0.2, -0.15) is 0 Å². The van der Waals surface area contributed by atoms with Crippen LogP contribution in [0.5, 0.6) is 0 Å². The summed E-state index contributed by atoms with van der Waals surface area (Å²) in [5.74, 6) is 0. The lowest BCUT2D eigenvalue weighted by atomic mass is 9.91. The molecule has 19 heavy (non-hydrogen) atoms. The fraction of sp³-hybridized carbons (Fsp3) is 0.625. The maximum Gasteiger partial charge on any atom is 0.0496 e. The van der Waals surface area contributed by atoms with E-state index in [9.17, 15) is 0 Å². The molecule has 1 aromatic carbocycles. The number of likely N-dealkylation sites (N-methyl/N-ethyl adjacent to an activating group) is 1. The molecule has 0 heterocycles. The van der Waals surface area contributed by atoms with Crippen molar-refractivity contribution >= 4 is 11.6 Å². The Kier molecular flexibility index (Phi) is 5.84. The Bertz CT molecular complexity index is 398. The number of benzene rings is 1. The van der Waals surface area contributed by atoms with E-state index < -0.39 is 0 Å². The zero-order chi connectivity index (χ0) is 14.6. The van der Waals surface area contributed by atoms with Crippen molar-refractivity contribution < 1.29 is 0 Å². The molecular formula is C16H27ClN2. The minimum atomic E-state index is 0.116. The molecule has 0 aliphatic heterocycles. The summed E-state index contributed by atoms with van der Waals surface area (Å²) >= 11 is 6.12. The van der Waals surface area contributed by atoms with Gasteiger partial charge in [-0.3, -0.25) is 4.90 Å². The van der Waals surface area contributed by atoms with Gasteiger partial charge in [0.15, 0.2) is 0 Å². The Morgan fingerprint density at radius 1 is 1.32 bits per heavy atom. The summed E-state index contributed by atoms with van der Waals surface area (Å²) in [5.41, 5.74) is 7.79. The maximum atomic E-state index is 6.33. The number of halogens is 1. The third kappa shape index (κ3) is 5.13. The molecule has 2 N–H and O–H groups in total. The van der Waals surface area contributed by atoms with E-state index in [2.05, 4.69) is 45.7 Å². The fourth-order valence-electron chi connectivity index (χ4n) is 2.59. The molecule has 2 nitrogen and oxygen atoms in total. The van der Waals surface area contributed by atoms with Gasteiger partial charge in [-0.25, -0.2) is 0 Å². The van der Waals surface area contributed by atoms with Crippen molar-refractivity contribution in [3.05, 3.63) is 34.9 Å². The van der Waals surface area contributed by atoms with Crippen molar-refractivity contribution in [1.82, 2.24) is 4.90 Å². The summed E-state index contributed by atoms with van der Waals surface area (Å²) in [6.45, 7) is 9.87. The molecule has 0 aliphatic rings. The van der Waals surface area contributed by atoms with E-state index in [0.29, 0.717) is 0 Å². The van der Waals surface area contributed by atoms with Crippen LogP contribution < -0.4 is 5.73 Å². The number of hydrogen-bond donors (Lipinski definition) is 1. The van der Waals surface area contributed by atoms with Crippen LogP contribution in [0.3, 0.4) is 0 Å². The lowest BCUT2D eigenvalue weighted by molar-refractivity contribution is 0.151. The summed E-state index contributed by atoms with van der Waals surface area (Å²) in [6, 6.07) is 8.38. The third-order valence-electron chi connectivity index (χ3n) is 3.27. The zero-order valence-electron chi connectivity index (χ0n) is 12.8. The first-order chi connectivity index (χ1) is 8.74. The Labute approximate surface area is 122 Å². The number of hydrogen-bond acceptors (Lipinski definition) is 2. The van der Waals surface area contributed by atoms with Gasteiger partial charge >= 0.3 is 0 Å². The molecule has 0 aromatic heterocycles. The molecule has 0 amide bonds. The lowest BCUT2D eigenvalue weighted by Gasteiger charge is -2.36. The second-order valence-electron chi connectivity index (χ2n) is 6.55. The van der Waals surface area contributed by atoms with E-state index in [4.69, 9.17) is 17.3 Å². The number of nitrogens with zero attached hydrogens (tertiary/aromatic N) is 1. The summed E-state index contributed by atoms with van der Waals surface area (Å²) in [4.78, 5) is 2.35. The highest BCUT2D eigenvalue weighted by Gasteiger charge is 2.26. The average molecular weight is 283 g/mol. The summed E-state index contributed by atoms with van der Waals surface area (Å²) in [7, 11) is 2.15. The van der Waals surface area contributed by atoms with Gasteiger partial charge in [0, 0.05) is 23.7 Å². The van der Waals surface area contributed by atoms with Crippen LogP contribution >= 0.6 is 11.6 Å². The van der Waals surface area contributed by atoms with Gasteiger partial charge in [0.1, 0.15) is 0 Å². The normalized spacial score (nSPS) is 15.6. The van der Waals surface area contributed by atoms with E-state index >= 15 is 0 Å². The van der Waals surface area contributed by atoms with Gasteiger partial charge in [-0.1, -0.05) is 51.4 Å². The second kappa shape index (κ2) is 6.74. The third-order valence-corrected chi connectivity index (χ3v) is 3.50. The predicted octanol–water partition coefficient (Wildman–Crippen LogP) is 4.10. The largest absolute Gasteiger partial charge is 0.326 e. The molecule has 1 aromatic rings. The standard InChI is InChI=1S/C16H27ClN2/c1-6-14(18)15(19(5)11-16(2,3)4)12-8-7-9-13(17)10-12/h7-10,14-15H,6,11,18H2,1-5H3. The Balaban J connectivity index is 3.01. The molecule has 1 rings (SSSR count). The molecule has 2 atom stereocenters. The van der Waals surface area contributed by atoms with E-state index in [1.807, 2.05) is 18.2 Å². The minimum absolute atomic E-state index is 0.116. The quantitative estimate of drug-likeness (QED) is 0.881. The van der Waals surface area contributed by atoms with Gasteiger partial charge in [0.25, 0.3) is 0 Å². The number of rotatable bonds is 5. The molecule has 0 saturated heterocycles. The number of nitrogens with two attached hydrogens (primary N) is 1. The molecule has 0 radical (unpaired) electrons. The minimum Gasteiger partial charge on any atom is -0.326 e. The van der Waals surface area contributed by atoms with Crippen LogP contribution in [0.25, 0.3) is 0 Å². The van der Waals surface area contributed by atoms with Crippen LogP contribution in [-0.4, -0.2) is 24.5 Å². The Hall–Kier alpha value is -0.570. The van der Waals surface area contributed by atoms with Gasteiger partial charge in [-0.05, 0) is 36.6 Å². The highest BCUT2D eigenvalue weighted by molar-refractivity contribution is 6.30.